The fraction of sp³-hybridized carbons (Fsp3) is 0.554. The first-order chi connectivity index (χ1) is 48.2. The molecular weight excluding hydrogens is 1450 g/mol. The van der Waals surface area contributed by atoms with E-state index in [9.17, 15) is 79.2 Å². The van der Waals surface area contributed by atoms with E-state index in [2.05, 4.69) is 0 Å². The van der Waals surface area contributed by atoms with Crippen LogP contribution in [0.2, 0.25) is 0 Å². The SMILES string of the molecule is COCCOCCOCCOCCOCCOCCN1c2ccc3c(S(=O)(=O)O)cc(S(=O)(=O)O)cc3c2C(C)(CCCS(=O)(=O)O)C1/C=C/C(C)=C/C=C1/N(CCCC(=O)ON2C(=O)CCC2=O)c2ccc3c(S(=O)(=O)O)cc(S(=O)(=O)O)cc3c2C1(C)CCOCCOCCOCCOC. The van der Waals surface area contributed by atoms with Gasteiger partial charge < -0.3 is 62.0 Å². The summed E-state index contributed by atoms with van der Waals surface area (Å²) in [6.45, 7) is 9.74. The van der Waals surface area contributed by atoms with E-state index < -0.39 is 111 Å². The fourth-order valence-corrected chi connectivity index (χ4v) is 15.7. The first-order valence-corrected chi connectivity index (χ1v) is 39.9. The van der Waals surface area contributed by atoms with Gasteiger partial charge in [-0.15, -0.1) is 5.06 Å². The molecule has 4 aromatic carbocycles. The number of carbonyl (C=O) groups is 3. The minimum atomic E-state index is -5.21. The average Bonchev–Trinajstić information content (AvgIpc) is 1.56. The summed E-state index contributed by atoms with van der Waals surface area (Å²) < 4.78 is 237. The summed E-state index contributed by atoms with van der Waals surface area (Å²) in [5.74, 6) is -3.08. The molecule has 2 amide bonds. The zero-order chi connectivity index (χ0) is 74.7. The average molecular weight is 1540 g/mol. The molecule has 3 heterocycles. The number of amides is 2. The fourth-order valence-electron chi connectivity index (χ4n) is 12.5. The summed E-state index contributed by atoms with van der Waals surface area (Å²) in [5.41, 5.74) is -0.485. The van der Waals surface area contributed by atoms with Crippen LogP contribution in [0.4, 0.5) is 11.4 Å². The Morgan fingerprint density at radius 3 is 1.42 bits per heavy atom. The normalized spacial score (nSPS) is 18.9. The smallest absolute Gasteiger partial charge is 0.333 e. The molecule has 32 nitrogen and oxygen atoms in total. The van der Waals surface area contributed by atoms with Crippen LogP contribution < -0.4 is 9.80 Å². The van der Waals surface area contributed by atoms with Crippen molar-refractivity contribution >= 4 is 101 Å². The second kappa shape index (κ2) is 37.3. The van der Waals surface area contributed by atoms with Gasteiger partial charge in [0, 0.05) is 91.9 Å². The Kier molecular flexibility index (Phi) is 30.4. The minimum absolute atomic E-state index is 0.00585. The van der Waals surface area contributed by atoms with E-state index in [-0.39, 0.29) is 151 Å². The van der Waals surface area contributed by atoms with Gasteiger partial charge in [-0.25, -0.2) is 4.79 Å². The molecule has 0 aromatic heterocycles. The zero-order valence-electron chi connectivity index (χ0n) is 57.2. The summed E-state index contributed by atoms with van der Waals surface area (Å²) in [4.78, 5) is 43.5. The van der Waals surface area contributed by atoms with E-state index in [1.54, 1.807) is 63.2 Å². The number of fused-ring (bicyclic) bond motifs is 6. The number of nitrogens with zero attached hydrogens (tertiary/aromatic N) is 3. The number of allylic oxidation sites excluding steroid dienone is 5. The number of anilines is 2. The van der Waals surface area contributed by atoms with Crippen LogP contribution in [0.15, 0.2) is 104 Å². The van der Waals surface area contributed by atoms with E-state index in [0.717, 1.165) is 12.1 Å². The van der Waals surface area contributed by atoms with E-state index in [4.69, 9.17) is 52.2 Å². The van der Waals surface area contributed by atoms with Gasteiger partial charge in [0.2, 0.25) is 0 Å². The molecule has 0 saturated carbocycles. The molecule has 0 spiro atoms. The molecule has 3 aliphatic heterocycles. The number of benzene rings is 4. The number of ether oxygens (including phenoxy) is 10. The molecule has 3 aliphatic rings. The largest absolute Gasteiger partial charge is 0.382 e. The van der Waals surface area contributed by atoms with Gasteiger partial charge in [-0.2, -0.15) is 42.1 Å². The summed E-state index contributed by atoms with van der Waals surface area (Å²) in [6, 6.07) is 8.23. The van der Waals surface area contributed by atoms with Crippen molar-refractivity contribution in [2.45, 2.75) is 102 Å². The van der Waals surface area contributed by atoms with Crippen molar-refractivity contribution in [3.63, 3.8) is 0 Å². The van der Waals surface area contributed by atoms with Crippen molar-refractivity contribution in [1.29, 1.82) is 0 Å². The predicted octanol–water partition coefficient (Wildman–Crippen LogP) is 5.46. The maximum atomic E-state index is 13.3. The molecular formula is C65H89N3O29S5. The molecule has 1 fully saturated rings. The Morgan fingerprint density at radius 2 is 0.971 bits per heavy atom. The lowest BCUT2D eigenvalue weighted by atomic mass is 9.73. The van der Waals surface area contributed by atoms with Crippen LogP contribution in [0.1, 0.15) is 76.8 Å². The summed E-state index contributed by atoms with van der Waals surface area (Å²) in [7, 11) is -22.2. The number of imide groups is 1. The molecule has 5 N–H and O–H groups in total. The lowest BCUT2D eigenvalue weighted by molar-refractivity contribution is -0.197. The third kappa shape index (κ3) is 22.5. The van der Waals surface area contributed by atoms with E-state index in [1.165, 1.54) is 25.3 Å². The number of hydrogen-bond acceptors (Lipinski definition) is 26. The van der Waals surface area contributed by atoms with Crippen LogP contribution in [-0.4, -0.2) is 246 Å². The molecule has 0 radical (unpaired) electrons. The third-order valence-electron chi connectivity index (χ3n) is 17.2. The van der Waals surface area contributed by atoms with E-state index >= 15 is 0 Å². The molecule has 37 heteroatoms. The predicted molar refractivity (Wildman–Crippen MR) is 368 cm³/mol. The highest BCUT2D eigenvalue weighted by atomic mass is 32.2. The van der Waals surface area contributed by atoms with Gasteiger partial charge in [0.15, 0.2) is 0 Å². The van der Waals surface area contributed by atoms with Crippen molar-refractivity contribution < 1.29 is 131 Å². The first-order valence-electron chi connectivity index (χ1n) is 32.5. The Morgan fingerprint density at radius 1 is 0.529 bits per heavy atom. The number of hydrogen-bond donors (Lipinski definition) is 5. The molecule has 1 saturated heterocycles. The monoisotopic (exact) mass is 1540 g/mol. The Bertz CT molecular complexity index is 4290. The van der Waals surface area contributed by atoms with Crippen molar-refractivity contribution in [2.75, 3.05) is 162 Å². The van der Waals surface area contributed by atoms with Crippen LogP contribution in [-0.2, 0) is 128 Å². The Labute approximate surface area is 593 Å². The van der Waals surface area contributed by atoms with Crippen molar-refractivity contribution in [2.24, 2.45) is 0 Å². The van der Waals surface area contributed by atoms with Crippen LogP contribution in [0.5, 0.6) is 0 Å². The molecule has 0 bridgehead atoms. The molecule has 7 rings (SSSR count). The summed E-state index contributed by atoms with van der Waals surface area (Å²) in [5, 5.41) is 0.0389. The van der Waals surface area contributed by atoms with Crippen LogP contribution in [0, 0.1) is 0 Å². The van der Waals surface area contributed by atoms with Crippen molar-refractivity contribution in [3.05, 3.63) is 95.2 Å². The standard InChI is InChI=1S/C65H89N3O29S5/c1-46(9-15-57-64(2,19-7-41-98(72,73)74)62-51-42-47(99(75,76)77)44-55(101(81,82)83)49(51)12-14-54(62)67(57)22-24-90-30-32-94-37-38-96-40-39-95-36-34-92-28-26-88-5)10-16-58-65(3,20-23-89-29-31-93-35-33-91-27-25-87-4)63-52-43-48(100(78,79)80)45-56(102(84,85)86)50(52)11-13-53(63)66(58)21-6-8-61(71)97-68-59(69)17-18-60(68)70/h9-16,42-45,57H,6-8,17-41H2,1-5H3,(H,72,73,74)(H,75,76,77)(H,78,79,80)(H,81,82,83)(H,84,85,86)/b15-9+,46-10+,58-16+. The van der Waals surface area contributed by atoms with Gasteiger partial charge in [-0.1, -0.05) is 42.9 Å². The van der Waals surface area contributed by atoms with Crippen molar-refractivity contribution in [1.82, 2.24) is 5.06 Å². The maximum absolute atomic E-state index is 13.3. The van der Waals surface area contributed by atoms with Gasteiger partial charge in [0.1, 0.15) is 9.79 Å². The lowest BCUT2D eigenvalue weighted by Crippen LogP contribution is -2.43. The zero-order valence-corrected chi connectivity index (χ0v) is 61.3. The van der Waals surface area contributed by atoms with Crippen LogP contribution in [0.25, 0.3) is 21.5 Å². The highest BCUT2D eigenvalue weighted by molar-refractivity contribution is 7.87. The van der Waals surface area contributed by atoms with Gasteiger partial charge >= 0.3 is 5.97 Å². The minimum Gasteiger partial charge on any atom is -0.382 e. The second-order valence-corrected chi connectivity index (χ2v) is 31.6. The Balaban J connectivity index is 1.30. The van der Waals surface area contributed by atoms with Gasteiger partial charge in [0.05, 0.1) is 134 Å². The maximum Gasteiger partial charge on any atom is 0.333 e. The molecule has 3 unspecified atom stereocenters. The Hall–Kier alpha value is -6.02. The van der Waals surface area contributed by atoms with Gasteiger partial charge in [-0.05, 0) is 104 Å². The summed E-state index contributed by atoms with van der Waals surface area (Å²) in [6.07, 6.45) is 5.93. The second-order valence-electron chi connectivity index (χ2n) is 24.4. The first kappa shape index (κ1) is 83.3. The van der Waals surface area contributed by atoms with Gasteiger partial charge in [0.25, 0.3) is 62.4 Å². The third-order valence-corrected chi connectivity index (χ3v) is 21.5. The molecule has 4 aromatic rings. The lowest BCUT2D eigenvalue weighted by Gasteiger charge is -2.35. The van der Waals surface area contributed by atoms with Crippen LogP contribution in [0.3, 0.4) is 0 Å². The molecule has 3 atom stereocenters. The van der Waals surface area contributed by atoms with Crippen molar-refractivity contribution in [3.8, 4) is 0 Å². The number of carbonyl (C=O) groups excluding carboxylic acids is 3. The number of rotatable bonds is 46. The van der Waals surface area contributed by atoms with Gasteiger partial charge in [-0.3, -0.25) is 32.4 Å². The van der Waals surface area contributed by atoms with E-state index in [0.29, 0.717) is 98.3 Å². The topological polar surface area (TPSA) is 434 Å². The van der Waals surface area contributed by atoms with Crippen LogP contribution >= 0.6 is 0 Å². The summed E-state index contributed by atoms with van der Waals surface area (Å²) >= 11 is 0. The van der Waals surface area contributed by atoms with E-state index in [1.807, 2.05) is 4.90 Å². The molecule has 0 aliphatic carbocycles. The molecule has 568 valence electrons. The molecule has 102 heavy (non-hydrogen) atoms. The number of methoxy groups -OCH3 is 2. The quantitative estimate of drug-likeness (QED) is 0.0159. The highest BCUT2D eigenvalue weighted by Gasteiger charge is 2.49. The highest BCUT2D eigenvalue weighted by Crippen LogP contribution is 2.55. The number of hydroxylamine groups is 2.